The quantitative estimate of drug-likeness (QED) is 0.140. The van der Waals surface area contributed by atoms with E-state index in [1.54, 1.807) is 0 Å². The van der Waals surface area contributed by atoms with Crippen LogP contribution in [0.5, 0.6) is 0 Å². The Morgan fingerprint density at radius 2 is 1.68 bits per heavy atom. The zero-order valence-electron chi connectivity index (χ0n) is 19.7. The van der Waals surface area contributed by atoms with Gasteiger partial charge in [-0.2, -0.15) is 6.42 Å². The van der Waals surface area contributed by atoms with Crippen LogP contribution < -0.4 is 18.9 Å². The van der Waals surface area contributed by atoms with Gasteiger partial charge in [0.05, 0.1) is 0 Å². The Morgan fingerprint density at radius 1 is 1.18 bits per heavy atom. The minimum Gasteiger partial charge on any atom is 1.00 e. The molecular formula is C26H42ILi-2. The molecule has 2 heteroatoms. The third kappa shape index (κ3) is 12.6. The summed E-state index contributed by atoms with van der Waals surface area (Å²) in [5.74, 6) is 0.681. The third-order valence-electron chi connectivity index (χ3n) is 4.88. The zero-order valence-corrected chi connectivity index (χ0v) is 21.9. The summed E-state index contributed by atoms with van der Waals surface area (Å²) in [6, 6.07) is 9.09. The molecule has 0 heterocycles. The molecule has 28 heavy (non-hydrogen) atoms. The van der Waals surface area contributed by atoms with Gasteiger partial charge in [0.2, 0.25) is 0 Å². The van der Waals surface area contributed by atoms with Crippen LogP contribution in [-0.2, 0) is 5.41 Å². The summed E-state index contributed by atoms with van der Waals surface area (Å²) in [5.41, 5.74) is 4.54. The maximum atomic E-state index is 4.18. The molecule has 0 saturated heterocycles. The smallest absolute Gasteiger partial charge is 1.00 e. The number of hydrogen-bond acceptors (Lipinski definition) is 0. The molecule has 0 aliphatic rings. The van der Waals surface area contributed by atoms with Crippen LogP contribution in [0.1, 0.15) is 65.0 Å². The van der Waals surface area contributed by atoms with Gasteiger partial charge in [-0.1, -0.05) is 6.92 Å². The predicted molar refractivity (Wildman–Crippen MR) is 135 cm³/mol. The van der Waals surface area contributed by atoms with Crippen LogP contribution in [0, 0.1) is 32.8 Å². The van der Waals surface area contributed by atoms with Gasteiger partial charge in [-0.05, 0) is 0 Å². The number of benzene rings is 1. The summed E-state index contributed by atoms with van der Waals surface area (Å²) >= 11 is -0.959. The van der Waals surface area contributed by atoms with Crippen LogP contribution in [-0.4, -0.2) is 13.3 Å². The van der Waals surface area contributed by atoms with Gasteiger partial charge in [0.15, 0.2) is 0 Å². The number of alkyl halides is 3. The Kier molecular flexibility index (Phi) is 18.1. The van der Waals surface area contributed by atoms with Crippen LogP contribution in [0.3, 0.4) is 0 Å². The number of allylic oxidation sites excluding steroid dienone is 3. The maximum absolute atomic E-state index is 4.18. The minimum atomic E-state index is -0.959. The van der Waals surface area contributed by atoms with E-state index in [0.717, 1.165) is 21.7 Å². The second-order valence-electron chi connectivity index (χ2n) is 7.78. The number of hydrogen-bond donors (Lipinski definition) is 0. The van der Waals surface area contributed by atoms with Crippen LogP contribution >= 0.6 is 19.8 Å². The Labute approximate surface area is 196 Å². The van der Waals surface area contributed by atoms with Gasteiger partial charge < -0.3 is 6.08 Å². The molecule has 0 N–H and O–H groups in total. The second-order valence-corrected chi connectivity index (χ2v) is 14.1. The first-order valence-electron chi connectivity index (χ1n) is 10.1. The largest absolute Gasteiger partial charge is 1.00 e. The summed E-state index contributed by atoms with van der Waals surface area (Å²) in [4.78, 5) is 0. The molecule has 1 rings (SSSR count). The van der Waals surface area contributed by atoms with E-state index in [2.05, 4.69) is 91.5 Å². The van der Waals surface area contributed by atoms with E-state index in [1.807, 2.05) is 6.92 Å². The Morgan fingerprint density at radius 3 is 2.07 bits per heavy atom. The number of rotatable bonds is 10. The first-order chi connectivity index (χ1) is 12.7. The molecule has 0 nitrogen and oxygen atoms in total. The zero-order chi connectivity index (χ0) is 20.9. The van der Waals surface area contributed by atoms with Gasteiger partial charge >= 0.3 is 172 Å². The normalized spacial score (nSPS) is 13.0. The second kappa shape index (κ2) is 16.8. The van der Waals surface area contributed by atoms with Crippen molar-refractivity contribution < 1.29 is 18.9 Å². The molecule has 0 fully saturated rings. The van der Waals surface area contributed by atoms with E-state index in [4.69, 9.17) is 0 Å². The molecule has 0 radical (unpaired) electrons. The first kappa shape index (κ1) is 30.2. The van der Waals surface area contributed by atoms with Gasteiger partial charge in [-0.15, -0.1) is 0 Å². The molecular weight excluding hydrogens is 446 g/mol. The van der Waals surface area contributed by atoms with Gasteiger partial charge in [-0.25, -0.2) is 0 Å². The van der Waals surface area contributed by atoms with Crippen LogP contribution in [0.25, 0.3) is 0 Å². The van der Waals surface area contributed by atoms with E-state index < -0.39 is 19.8 Å². The monoisotopic (exact) mass is 488 g/mol. The Hall–Kier alpha value is 0.0274. The SMILES string of the molecule is C=[C-]CC.[CH2-]CI(C[CH2-])CC(/C=C(/C)CC)CC(C)(C)c1ccc(C)cc1.[Li+]. The standard InChI is InChI=1S/C22H35I.C4H7.Li/c1-8-18(4)15-20(17-23(9-2)10-3)16-22(6,7)21-13-11-19(5)12-14-21;1-3-4-2;/h11-15,20H,2-3,8-10,16-17H2,1,4-7H3;1,4H2,2H3;/q-2;-1;+1/b18-15-;;. The molecule has 0 amide bonds. The molecule has 0 aromatic heterocycles. The summed E-state index contributed by atoms with van der Waals surface area (Å²) in [7, 11) is 0. The molecule has 1 aromatic carbocycles. The van der Waals surface area contributed by atoms with E-state index >= 15 is 0 Å². The Balaban J connectivity index is 0. The number of halogens is 1. The van der Waals surface area contributed by atoms with Crippen LogP contribution in [0.2, 0.25) is 0 Å². The van der Waals surface area contributed by atoms with Crippen molar-refractivity contribution >= 4 is 19.8 Å². The molecule has 156 valence electrons. The van der Waals surface area contributed by atoms with Crippen LogP contribution in [0.4, 0.5) is 0 Å². The topological polar surface area (TPSA) is 0 Å². The first-order valence-corrected chi connectivity index (χ1v) is 14.7. The summed E-state index contributed by atoms with van der Waals surface area (Å²) in [5, 5.41) is 0. The average molecular weight is 488 g/mol. The molecule has 1 unspecified atom stereocenters. The van der Waals surface area contributed by atoms with Crippen molar-refractivity contribution in [2.75, 3.05) is 13.3 Å². The molecule has 1 atom stereocenters. The van der Waals surface area contributed by atoms with Crippen molar-refractivity contribution in [3.05, 3.63) is 73.5 Å². The molecule has 0 aliphatic heterocycles. The van der Waals surface area contributed by atoms with Gasteiger partial charge in [0.1, 0.15) is 0 Å². The average Bonchev–Trinajstić information content (AvgIpc) is 2.66. The molecule has 1 aromatic rings. The predicted octanol–water partition coefficient (Wildman–Crippen LogP) is 5.20. The van der Waals surface area contributed by atoms with Gasteiger partial charge in [-0.3, -0.25) is 6.58 Å². The maximum Gasteiger partial charge on any atom is 1.00 e. The van der Waals surface area contributed by atoms with E-state index in [0.29, 0.717) is 5.92 Å². The van der Waals surface area contributed by atoms with Crippen molar-refractivity contribution in [1.29, 1.82) is 0 Å². The fraction of sp³-hybridized carbons (Fsp3) is 0.538. The fourth-order valence-corrected chi connectivity index (χ4v) is 6.57. The van der Waals surface area contributed by atoms with E-state index in [1.165, 1.54) is 27.5 Å². The molecule has 0 spiro atoms. The van der Waals surface area contributed by atoms with Crippen molar-refractivity contribution in [2.45, 2.75) is 66.2 Å². The van der Waals surface area contributed by atoms with Crippen molar-refractivity contribution in [3.63, 3.8) is 0 Å². The summed E-state index contributed by atoms with van der Waals surface area (Å²) in [6.07, 6.45) is 8.57. The fourth-order valence-electron chi connectivity index (χ4n) is 2.99. The minimum absolute atomic E-state index is 0. The summed E-state index contributed by atoms with van der Waals surface area (Å²) in [6.45, 7) is 25.2. The van der Waals surface area contributed by atoms with Crippen LogP contribution in [0.15, 0.2) is 42.5 Å². The third-order valence-corrected chi connectivity index (χ3v) is 10.3. The van der Waals surface area contributed by atoms with E-state index in [-0.39, 0.29) is 24.3 Å². The molecule has 0 aliphatic carbocycles. The Bertz CT molecular complexity index is 538. The van der Waals surface area contributed by atoms with Crippen molar-refractivity contribution in [3.8, 4) is 0 Å². The number of aryl methyl sites for hydroxylation is 1. The van der Waals surface area contributed by atoms with Crippen molar-refractivity contribution in [1.82, 2.24) is 0 Å². The van der Waals surface area contributed by atoms with Gasteiger partial charge in [0.25, 0.3) is 0 Å². The summed E-state index contributed by atoms with van der Waals surface area (Å²) < 4.78 is 3.66. The molecule has 0 bridgehead atoms. The van der Waals surface area contributed by atoms with Gasteiger partial charge in [0, 0.05) is 0 Å². The van der Waals surface area contributed by atoms with Crippen molar-refractivity contribution in [2.24, 2.45) is 5.92 Å². The van der Waals surface area contributed by atoms with E-state index in [9.17, 15) is 0 Å². The molecule has 0 saturated carbocycles.